The van der Waals surface area contributed by atoms with Crippen molar-refractivity contribution < 1.29 is 19.1 Å². The summed E-state index contributed by atoms with van der Waals surface area (Å²) in [5.41, 5.74) is 5.90. The molecular formula is C15H17N3O4. The average molecular weight is 303 g/mol. The van der Waals surface area contributed by atoms with Crippen molar-refractivity contribution in [2.24, 2.45) is 0 Å². The maximum Gasteiger partial charge on any atom is 0.321 e. The number of rotatable bonds is 8. The van der Waals surface area contributed by atoms with Gasteiger partial charge < -0.3 is 9.52 Å². The molecular weight excluding hydrogens is 286 g/mol. The Balaban J connectivity index is 1.79. The first kappa shape index (κ1) is 15.6. The SMILES string of the molecule is O=C(C[C@H](NCc1ccco1)C(=O)O)NNc1ccccc1. The van der Waals surface area contributed by atoms with Crippen LogP contribution in [0.25, 0.3) is 0 Å². The monoisotopic (exact) mass is 303 g/mol. The van der Waals surface area contributed by atoms with Crippen LogP contribution in [-0.2, 0) is 16.1 Å². The fourth-order valence-electron chi connectivity index (χ4n) is 1.78. The van der Waals surface area contributed by atoms with Crippen LogP contribution >= 0.6 is 0 Å². The van der Waals surface area contributed by atoms with Crippen LogP contribution in [0.5, 0.6) is 0 Å². The molecule has 116 valence electrons. The van der Waals surface area contributed by atoms with Gasteiger partial charge in [0, 0.05) is 0 Å². The van der Waals surface area contributed by atoms with Gasteiger partial charge in [-0.25, -0.2) is 0 Å². The Labute approximate surface area is 127 Å². The van der Waals surface area contributed by atoms with Crippen molar-refractivity contribution in [1.29, 1.82) is 0 Å². The molecule has 0 aliphatic heterocycles. The molecule has 1 aromatic heterocycles. The molecule has 7 nitrogen and oxygen atoms in total. The molecule has 0 saturated carbocycles. The van der Waals surface area contributed by atoms with Gasteiger partial charge in [0.05, 0.1) is 24.9 Å². The molecule has 22 heavy (non-hydrogen) atoms. The number of anilines is 1. The second-order valence-electron chi connectivity index (χ2n) is 4.59. The van der Waals surface area contributed by atoms with Crippen LogP contribution in [-0.4, -0.2) is 23.0 Å². The van der Waals surface area contributed by atoms with E-state index in [9.17, 15) is 9.59 Å². The van der Waals surface area contributed by atoms with E-state index >= 15 is 0 Å². The molecule has 0 aliphatic rings. The van der Waals surface area contributed by atoms with Gasteiger partial charge in [0.2, 0.25) is 5.91 Å². The first-order chi connectivity index (χ1) is 10.6. The van der Waals surface area contributed by atoms with Crippen LogP contribution in [0.3, 0.4) is 0 Å². The van der Waals surface area contributed by atoms with Crippen molar-refractivity contribution >= 4 is 17.6 Å². The van der Waals surface area contributed by atoms with Crippen molar-refractivity contribution in [3.8, 4) is 0 Å². The van der Waals surface area contributed by atoms with E-state index in [1.165, 1.54) is 6.26 Å². The van der Waals surface area contributed by atoms with E-state index in [1.54, 1.807) is 24.3 Å². The number of benzene rings is 1. The summed E-state index contributed by atoms with van der Waals surface area (Å²) in [6.45, 7) is 0.239. The van der Waals surface area contributed by atoms with Crippen LogP contribution in [0.15, 0.2) is 53.1 Å². The Kier molecular flexibility index (Phi) is 5.56. The van der Waals surface area contributed by atoms with Gasteiger partial charge >= 0.3 is 5.97 Å². The lowest BCUT2D eigenvalue weighted by atomic mass is 10.2. The quantitative estimate of drug-likeness (QED) is 0.549. The minimum Gasteiger partial charge on any atom is -0.480 e. The number of nitrogens with one attached hydrogen (secondary N) is 3. The van der Waals surface area contributed by atoms with Gasteiger partial charge in [-0.3, -0.25) is 25.8 Å². The summed E-state index contributed by atoms with van der Waals surface area (Å²) in [6.07, 6.45) is 1.30. The predicted molar refractivity (Wildman–Crippen MR) is 79.8 cm³/mol. The van der Waals surface area contributed by atoms with Crippen molar-refractivity contribution in [2.45, 2.75) is 19.0 Å². The summed E-state index contributed by atoms with van der Waals surface area (Å²) in [4.78, 5) is 23.0. The zero-order valence-corrected chi connectivity index (χ0v) is 11.8. The maximum atomic E-state index is 11.8. The number of carbonyl (C=O) groups is 2. The fourth-order valence-corrected chi connectivity index (χ4v) is 1.78. The minimum absolute atomic E-state index is 0.199. The maximum absolute atomic E-state index is 11.8. The Hall–Kier alpha value is -2.80. The highest BCUT2D eigenvalue weighted by Crippen LogP contribution is 2.04. The molecule has 0 aliphatic carbocycles. The first-order valence-electron chi connectivity index (χ1n) is 6.73. The molecule has 1 amide bonds. The Morgan fingerprint density at radius 2 is 1.91 bits per heavy atom. The molecule has 0 radical (unpaired) electrons. The van der Waals surface area contributed by atoms with Gasteiger partial charge in [0.25, 0.3) is 0 Å². The third-order valence-corrected chi connectivity index (χ3v) is 2.91. The molecule has 0 fully saturated rings. The lowest BCUT2D eigenvalue weighted by molar-refractivity contribution is -0.141. The summed E-state index contributed by atoms with van der Waals surface area (Å²) in [5, 5.41) is 11.9. The van der Waals surface area contributed by atoms with Gasteiger partial charge in [-0.05, 0) is 24.3 Å². The molecule has 1 heterocycles. The topological polar surface area (TPSA) is 104 Å². The normalized spacial score (nSPS) is 11.6. The zero-order chi connectivity index (χ0) is 15.8. The number of aliphatic carboxylic acids is 1. The zero-order valence-electron chi connectivity index (χ0n) is 11.8. The van der Waals surface area contributed by atoms with Gasteiger partial charge in [-0.1, -0.05) is 18.2 Å². The van der Waals surface area contributed by atoms with E-state index in [-0.39, 0.29) is 13.0 Å². The van der Waals surface area contributed by atoms with E-state index < -0.39 is 17.9 Å². The van der Waals surface area contributed by atoms with E-state index in [0.717, 1.165) is 0 Å². The number of hydrazine groups is 1. The van der Waals surface area contributed by atoms with Crippen LogP contribution in [0.2, 0.25) is 0 Å². The second kappa shape index (κ2) is 7.84. The number of carbonyl (C=O) groups excluding carboxylic acids is 1. The van der Waals surface area contributed by atoms with E-state index in [4.69, 9.17) is 9.52 Å². The van der Waals surface area contributed by atoms with Crippen molar-refractivity contribution in [3.05, 3.63) is 54.5 Å². The number of hydrogen-bond acceptors (Lipinski definition) is 5. The molecule has 0 saturated heterocycles. The molecule has 2 aromatic rings. The van der Waals surface area contributed by atoms with Crippen LogP contribution < -0.4 is 16.2 Å². The summed E-state index contributed by atoms with van der Waals surface area (Å²) in [5.74, 6) is -0.918. The largest absolute Gasteiger partial charge is 0.480 e. The standard InChI is InChI=1S/C15H17N3O4/c19-14(18-17-11-5-2-1-3-6-11)9-13(15(20)21)16-10-12-7-4-8-22-12/h1-8,13,16-17H,9-10H2,(H,18,19)(H,20,21)/t13-/m0/s1. The van der Waals surface area contributed by atoms with E-state index in [1.807, 2.05) is 18.2 Å². The van der Waals surface area contributed by atoms with Crippen LogP contribution in [0, 0.1) is 0 Å². The molecule has 0 bridgehead atoms. The smallest absolute Gasteiger partial charge is 0.321 e. The van der Waals surface area contributed by atoms with Crippen molar-refractivity contribution in [1.82, 2.24) is 10.7 Å². The van der Waals surface area contributed by atoms with Gasteiger partial charge in [0.1, 0.15) is 11.8 Å². The number of carboxylic acid groups (broad SMARTS) is 1. The molecule has 1 aromatic carbocycles. The lowest BCUT2D eigenvalue weighted by Crippen LogP contribution is -2.42. The second-order valence-corrected chi connectivity index (χ2v) is 4.59. The highest BCUT2D eigenvalue weighted by Gasteiger charge is 2.20. The highest BCUT2D eigenvalue weighted by molar-refractivity contribution is 5.85. The highest BCUT2D eigenvalue weighted by atomic mass is 16.4. The fraction of sp³-hybridized carbons (Fsp3) is 0.200. The Morgan fingerprint density at radius 3 is 2.55 bits per heavy atom. The van der Waals surface area contributed by atoms with Gasteiger partial charge in [-0.15, -0.1) is 0 Å². The van der Waals surface area contributed by atoms with Crippen molar-refractivity contribution in [2.75, 3.05) is 5.43 Å². The summed E-state index contributed by atoms with van der Waals surface area (Å²) < 4.78 is 5.11. The first-order valence-corrected chi connectivity index (χ1v) is 6.73. The summed E-state index contributed by atoms with van der Waals surface area (Å²) in [7, 11) is 0. The van der Waals surface area contributed by atoms with E-state index in [2.05, 4.69) is 16.2 Å². The number of furan rings is 1. The Morgan fingerprint density at radius 1 is 1.14 bits per heavy atom. The molecule has 2 rings (SSSR count). The summed E-state index contributed by atoms with van der Waals surface area (Å²) >= 11 is 0. The van der Waals surface area contributed by atoms with E-state index in [0.29, 0.717) is 11.4 Å². The lowest BCUT2D eigenvalue weighted by Gasteiger charge is -2.14. The number of carboxylic acids is 1. The van der Waals surface area contributed by atoms with Gasteiger partial charge in [0.15, 0.2) is 0 Å². The third kappa shape index (κ3) is 4.95. The average Bonchev–Trinajstić information content (AvgIpc) is 3.03. The van der Waals surface area contributed by atoms with Crippen molar-refractivity contribution in [3.63, 3.8) is 0 Å². The van der Waals surface area contributed by atoms with Gasteiger partial charge in [-0.2, -0.15) is 0 Å². The molecule has 7 heteroatoms. The number of para-hydroxylation sites is 1. The Bertz CT molecular complexity index is 599. The molecule has 0 spiro atoms. The third-order valence-electron chi connectivity index (χ3n) is 2.91. The molecule has 4 N–H and O–H groups in total. The number of hydrogen-bond donors (Lipinski definition) is 4. The van der Waals surface area contributed by atoms with Crippen LogP contribution in [0.1, 0.15) is 12.2 Å². The van der Waals surface area contributed by atoms with Crippen LogP contribution in [0.4, 0.5) is 5.69 Å². The minimum atomic E-state index is -1.10. The molecule has 1 atom stereocenters. The number of amides is 1. The predicted octanol–water partition coefficient (Wildman–Crippen LogP) is 1.36. The summed E-state index contributed by atoms with van der Waals surface area (Å²) in [6, 6.07) is 11.5. The molecule has 0 unspecified atom stereocenters.